The molecule has 5 rings (SSSR count). The number of hydrogen-bond donors (Lipinski definition) is 3. The van der Waals surface area contributed by atoms with Crippen LogP contribution in [0.3, 0.4) is 0 Å². The van der Waals surface area contributed by atoms with Gasteiger partial charge in [-0.1, -0.05) is 0 Å². The summed E-state index contributed by atoms with van der Waals surface area (Å²) in [6, 6.07) is 0.327. The van der Waals surface area contributed by atoms with Crippen LogP contribution >= 0.6 is 0 Å². The lowest BCUT2D eigenvalue weighted by atomic mass is 9.93. The van der Waals surface area contributed by atoms with Crippen LogP contribution in [-0.2, 0) is 4.74 Å². The number of fused-ring (bicyclic) bond motifs is 1. The van der Waals surface area contributed by atoms with E-state index in [1.165, 1.54) is 6.20 Å². The van der Waals surface area contributed by atoms with Gasteiger partial charge in [0.1, 0.15) is 17.0 Å². The van der Waals surface area contributed by atoms with Crippen LogP contribution in [0.15, 0.2) is 18.3 Å². The SMILES string of the molecule is [2H]C1C(Nc2ncc3nc(Nc4c(F)cc(F)cc4F)n(C4CCOC4)c3n2)CCC([2H])(O)C1[2H]. The fourth-order valence-corrected chi connectivity index (χ4v) is 3.89. The maximum atomic E-state index is 14.3. The van der Waals surface area contributed by atoms with Crippen molar-refractivity contribution in [3.8, 4) is 0 Å². The van der Waals surface area contributed by atoms with E-state index in [1.807, 2.05) is 0 Å². The van der Waals surface area contributed by atoms with Gasteiger partial charge in [-0.05, 0) is 32.1 Å². The molecule has 11 heteroatoms. The summed E-state index contributed by atoms with van der Waals surface area (Å²) in [6.45, 7) is 0.796. The summed E-state index contributed by atoms with van der Waals surface area (Å²) >= 11 is 0. The van der Waals surface area contributed by atoms with Crippen LogP contribution in [0.25, 0.3) is 11.2 Å². The van der Waals surface area contributed by atoms with Crippen molar-refractivity contribution in [2.45, 2.75) is 50.2 Å². The Kier molecular flexibility index (Phi) is 4.71. The lowest BCUT2D eigenvalue weighted by molar-refractivity contribution is 0.126. The summed E-state index contributed by atoms with van der Waals surface area (Å²) in [6.07, 6.45) is -2.08. The van der Waals surface area contributed by atoms with E-state index < -0.39 is 48.1 Å². The zero-order valence-corrected chi connectivity index (χ0v) is 16.9. The van der Waals surface area contributed by atoms with E-state index in [0.29, 0.717) is 42.9 Å². The van der Waals surface area contributed by atoms with Crippen LogP contribution in [0, 0.1) is 17.5 Å². The normalized spacial score (nSPS) is 31.8. The number of hydrogen-bond acceptors (Lipinski definition) is 7. The average molecular weight is 451 g/mol. The first kappa shape index (κ1) is 17.6. The monoisotopic (exact) mass is 451 g/mol. The molecule has 3 aromatic rings. The van der Waals surface area contributed by atoms with Crippen molar-refractivity contribution in [1.29, 1.82) is 0 Å². The van der Waals surface area contributed by atoms with Gasteiger partial charge in [-0.15, -0.1) is 0 Å². The molecule has 0 bridgehead atoms. The molecule has 1 aromatic carbocycles. The van der Waals surface area contributed by atoms with Gasteiger partial charge in [-0.3, -0.25) is 4.57 Å². The second-order valence-electron chi connectivity index (χ2n) is 7.73. The van der Waals surface area contributed by atoms with Gasteiger partial charge in [-0.25, -0.2) is 23.1 Å². The zero-order chi connectivity index (χ0) is 24.9. The fraction of sp³-hybridized carbons (Fsp3) is 0.476. The summed E-state index contributed by atoms with van der Waals surface area (Å²) < 4.78 is 73.1. The molecule has 0 radical (unpaired) electrons. The van der Waals surface area contributed by atoms with Gasteiger partial charge >= 0.3 is 0 Å². The molecule has 2 fully saturated rings. The molecule has 1 aliphatic heterocycles. The van der Waals surface area contributed by atoms with Crippen LogP contribution < -0.4 is 10.6 Å². The Morgan fingerprint density at radius 2 is 1.97 bits per heavy atom. The van der Waals surface area contributed by atoms with Gasteiger partial charge in [-0.2, -0.15) is 4.98 Å². The summed E-state index contributed by atoms with van der Waals surface area (Å²) in [5.41, 5.74) is 0.120. The van der Waals surface area contributed by atoms with E-state index in [-0.39, 0.29) is 30.8 Å². The predicted octanol–water partition coefficient (Wildman–Crippen LogP) is 3.66. The molecule has 2 aromatic heterocycles. The van der Waals surface area contributed by atoms with Crippen molar-refractivity contribution in [3.05, 3.63) is 35.8 Å². The number of nitrogens with one attached hydrogen (secondary N) is 2. The molecular formula is C21H23F3N6O2. The molecule has 8 nitrogen and oxygen atoms in total. The van der Waals surface area contributed by atoms with E-state index in [1.54, 1.807) is 4.57 Å². The number of anilines is 3. The fourth-order valence-electron chi connectivity index (χ4n) is 3.89. The maximum absolute atomic E-state index is 14.3. The predicted molar refractivity (Wildman–Crippen MR) is 111 cm³/mol. The van der Waals surface area contributed by atoms with Gasteiger partial charge in [0.2, 0.25) is 11.9 Å². The largest absolute Gasteiger partial charge is 0.393 e. The minimum Gasteiger partial charge on any atom is -0.393 e. The summed E-state index contributed by atoms with van der Waals surface area (Å²) in [5, 5.41) is 15.6. The number of nitrogens with zero attached hydrogens (tertiary/aromatic N) is 4. The number of aliphatic hydroxyl groups is 1. The Hall–Kier alpha value is -2.92. The molecule has 5 unspecified atom stereocenters. The van der Waals surface area contributed by atoms with Crippen LogP contribution in [0.1, 0.15) is 42.2 Å². The number of imidazole rings is 1. The first-order valence-corrected chi connectivity index (χ1v) is 10.2. The van der Waals surface area contributed by atoms with Gasteiger partial charge in [0.15, 0.2) is 17.3 Å². The molecule has 2 aliphatic rings. The summed E-state index contributed by atoms with van der Waals surface area (Å²) in [4.78, 5) is 13.1. The van der Waals surface area contributed by atoms with E-state index >= 15 is 0 Å². The van der Waals surface area contributed by atoms with Crippen LogP contribution in [0.5, 0.6) is 0 Å². The molecule has 3 N–H and O–H groups in total. The van der Waals surface area contributed by atoms with E-state index in [9.17, 15) is 18.3 Å². The molecule has 32 heavy (non-hydrogen) atoms. The Morgan fingerprint density at radius 1 is 1.16 bits per heavy atom. The van der Waals surface area contributed by atoms with Crippen LogP contribution in [0.4, 0.5) is 30.8 Å². The highest BCUT2D eigenvalue weighted by Gasteiger charge is 2.27. The van der Waals surface area contributed by atoms with Crippen molar-refractivity contribution >= 4 is 28.7 Å². The third-order valence-corrected chi connectivity index (χ3v) is 5.49. The van der Waals surface area contributed by atoms with Crippen LogP contribution in [0.2, 0.25) is 0 Å². The lowest BCUT2D eigenvalue weighted by Gasteiger charge is -2.26. The molecule has 170 valence electrons. The van der Waals surface area contributed by atoms with Gasteiger partial charge < -0.3 is 20.5 Å². The number of halogens is 3. The number of benzene rings is 1. The molecule has 1 aliphatic carbocycles. The van der Waals surface area contributed by atoms with Crippen molar-refractivity contribution < 1.29 is 27.1 Å². The first-order chi connectivity index (χ1) is 16.6. The molecule has 3 heterocycles. The lowest BCUT2D eigenvalue weighted by Crippen LogP contribution is -2.29. The Morgan fingerprint density at radius 3 is 2.72 bits per heavy atom. The maximum Gasteiger partial charge on any atom is 0.224 e. The third-order valence-electron chi connectivity index (χ3n) is 5.49. The molecular weight excluding hydrogens is 425 g/mol. The summed E-state index contributed by atoms with van der Waals surface area (Å²) in [7, 11) is 0. The molecule has 0 spiro atoms. The Bertz CT molecular complexity index is 1230. The van der Waals surface area contributed by atoms with Crippen molar-refractivity contribution in [2.75, 3.05) is 23.8 Å². The summed E-state index contributed by atoms with van der Waals surface area (Å²) in [5.74, 6) is -3.05. The van der Waals surface area contributed by atoms with E-state index in [0.717, 1.165) is 0 Å². The van der Waals surface area contributed by atoms with Crippen molar-refractivity contribution in [1.82, 2.24) is 19.5 Å². The Labute approximate surface area is 186 Å². The second kappa shape index (κ2) is 8.55. The van der Waals surface area contributed by atoms with Crippen LogP contribution in [-0.4, -0.2) is 50.0 Å². The topological polar surface area (TPSA) is 97.1 Å². The Balaban J connectivity index is 1.50. The number of ether oxygens (including phenoxy) is 1. The smallest absolute Gasteiger partial charge is 0.224 e. The van der Waals surface area contributed by atoms with Gasteiger partial charge in [0.25, 0.3) is 0 Å². The zero-order valence-electron chi connectivity index (χ0n) is 19.9. The van der Waals surface area contributed by atoms with Crippen molar-refractivity contribution in [3.63, 3.8) is 0 Å². The van der Waals surface area contributed by atoms with E-state index in [2.05, 4.69) is 25.6 Å². The highest BCUT2D eigenvalue weighted by Crippen LogP contribution is 2.32. The minimum absolute atomic E-state index is 0.0245. The molecule has 1 saturated carbocycles. The van der Waals surface area contributed by atoms with Gasteiger partial charge in [0, 0.05) is 27.5 Å². The van der Waals surface area contributed by atoms with Gasteiger partial charge in [0.05, 0.1) is 26.3 Å². The molecule has 1 saturated heterocycles. The first-order valence-electron chi connectivity index (χ1n) is 11.9. The quantitative estimate of drug-likeness (QED) is 0.545. The van der Waals surface area contributed by atoms with Crippen molar-refractivity contribution in [2.24, 2.45) is 0 Å². The second-order valence-corrected chi connectivity index (χ2v) is 7.73. The number of aromatic nitrogens is 4. The average Bonchev–Trinajstić information content (AvgIpc) is 3.44. The number of rotatable bonds is 5. The highest BCUT2D eigenvalue weighted by molar-refractivity contribution is 5.76. The highest BCUT2D eigenvalue weighted by atomic mass is 19.1. The molecule has 5 atom stereocenters. The minimum atomic E-state index is -1.98. The molecule has 0 amide bonds. The third kappa shape index (κ3) is 4.09. The van der Waals surface area contributed by atoms with E-state index in [4.69, 9.17) is 8.85 Å². The standard InChI is InChI=1S/C21H23F3N6O2/c22-11-7-15(23)18(16(24)8-11)28-21-27-17-9-25-20(26-12-1-3-14(31)4-2-12)29-19(17)30(21)13-5-6-32-10-13/h7-9,12-14,31H,1-6,10H2,(H,27,28)(H,25,26,29)/i1D,3D,14D.